The number of esters is 2. The Bertz CT molecular complexity index is 1050. The predicted octanol–water partition coefficient (Wildman–Crippen LogP) is 0.829. The lowest BCUT2D eigenvalue weighted by Crippen LogP contribution is -2.74. The van der Waals surface area contributed by atoms with E-state index in [4.69, 9.17) is 18.9 Å². The first-order valence-electron chi connectivity index (χ1n) is 11.2. The van der Waals surface area contributed by atoms with Crippen molar-refractivity contribution in [3.8, 4) is 11.5 Å². The third-order valence-corrected chi connectivity index (χ3v) is 7.74. The van der Waals surface area contributed by atoms with Gasteiger partial charge in [0.05, 0.1) is 18.1 Å². The van der Waals surface area contributed by atoms with E-state index in [9.17, 15) is 19.8 Å². The molecule has 178 valence electrons. The minimum absolute atomic E-state index is 0.108. The van der Waals surface area contributed by atoms with E-state index in [1.165, 1.54) is 13.8 Å². The molecule has 0 saturated carbocycles. The number of hydrogen-bond donors (Lipinski definition) is 2. The van der Waals surface area contributed by atoms with Gasteiger partial charge in [-0.05, 0) is 58.0 Å². The van der Waals surface area contributed by atoms with Gasteiger partial charge in [-0.25, -0.2) is 9.59 Å². The van der Waals surface area contributed by atoms with Gasteiger partial charge in [0.1, 0.15) is 11.9 Å². The Morgan fingerprint density at radius 3 is 2.73 bits per heavy atom. The second-order valence-corrected chi connectivity index (χ2v) is 9.46. The maximum atomic E-state index is 12.7. The predicted molar refractivity (Wildman–Crippen MR) is 115 cm³/mol. The standard InChI is InChI=1S/C24H29NO8/c1-12(26)21(27)31-13(2)22(28)32-16-7-8-24(29)17-11-14-5-6-15(30-4)19-18(14)23(24,20(16)33-19)9-10-25(17)3/h5-7,12-13,17,20,26,29H,8-11H2,1-4H3/t12-,13-,17-,20-,23-,24+/m0/s1. The van der Waals surface area contributed by atoms with E-state index in [1.807, 2.05) is 19.2 Å². The van der Waals surface area contributed by atoms with E-state index in [0.29, 0.717) is 36.5 Å². The Hall–Kier alpha value is -2.62. The van der Waals surface area contributed by atoms with Crippen LogP contribution in [0.3, 0.4) is 0 Å². The van der Waals surface area contributed by atoms with Crippen LogP contribution in [0, 0.1) is 0 Å². The summed E-state index contributed by atoms with van der Waals surface area (Å²) in [6, 6.07) is 3.79. The Labute approximate surface area is 191 Å². The molecule has 2 aliphatic heterocycles. The van der Waals surface area contributed by atoms with E-state index in [2.05, 4.69) is 4.90 Å². The van der Waals surface area contributed by atoms with E-state index in [-0.39, 0.29) is 6.04 Å². The molecular formula is C24H29NO8. The zero-order valence-corrected chi connectivity index (χ0v) is 19.2. The number of carbonyl (C=O) groups excluding carboxylic acids is 2. The number of likely N-dealkylation sites (N-methyl/N-ethyl adjacent to an activating group) is 1. The van der Waals surface area contributed by atoms with Gasteiger partial charge < -0.3 is 34.1 Å². The van der Waals surface area contributed by atoms with Crippen LogP contribution in [0.15, 0.2) is 24.0 Å². The van der Waals surface area contributed by atoms with E-state index >= 15 is 0 Å². The maximum Gasteiger partial charge on any atom is 0.352 e. The number of aliphatic hydroxyl groups is 2. The molecule has 1 aromatic rings. The molecular weight excluding hydrogens is 430 g/mol. The largest absolute Gasteiger partial charge is 0.493 e. The van der Waals surface area contributed by atoms with Gasteiger partial charge in [-0.1, -0.05) is 6.07 Å². The number of piperidine rings is 1. The zero-order valence-electron chi connectivity index (χ0n) is 19.2. The first-order chi connectivity index (χ1) is 15.6. The number of carbonyl (C=O) groups is 2. The summed E-state index contributed by atoms with van der Waals surface area (Å²) in [6.07, 6.45) is 0.0303. The quantitative estimate of drug-likeness (QED) is 0.618. The van der Waals surface area contributed by atoms with Crippen molar-refractivity contribution in [2.45, 2.75) is 68.5 Å². The average molecular weight is 459 g/mol. The lowest BCUT2D eigenvalue weighted by Gasteiger charge is -2.61. The number of methoxy groups -OCH3 is 1. The molecule has 1 saturated heterocycles. The van der Waals surface area contributed by atoms with Crippen molar-refractivity contribution < 1.29 is 38.7 Å². The van der Waals surface area contributed by atoms with Crippen LogP contribution >= 0.6 is 0 Å². The highest BCUT2D eigenvalue weighted by Crippen LogP contribution is 2.65. The van der Waals surface area contributed by atoms with Crippen LogP contribution in [0.5, 0.6) is 11.5 Å². The normalized spacial score (nSPS) is 33.2. The van der Waals surface area contributed by atoms with Gasteiger partial charge in [-0.15, -0.1) is 0 Å². The van der Waals surface area contributed by atoms with Crippen LogP contribution < -0.4 is 9.47 Å². The number of aliphatic hydroxyl groups excluding tert-OH is 1. The monoisotopic (exact) mass is 459 g/mol. The Balaban J connectivity index is 1.54. The van der Waals surface area contributed by atoms with Crippen molar-refractivity contribution in [3.05, 3.63) is 35.1 Å². The number of nitrogens with zero attached hydrogens (tertiary/aromatic N) is 1. The second kappa shape index (κ2) is 7.44. The zero-order chi connectivity index (χ0) is 23.7. The molecule has 4 aliphatic rings. The molecule has 0 unspecified atom stereocenters. The van der Waals surface area contributed by atoms with Crippen molar-refractivity contribution in [1.82, 2.24) is 4.90 Å². The average Bonchev–Trinajstić information content (AvgIpc) is 3.13. The van der Waals surface area contributed by atoms with Gasteiger partial charge in [0.15, 0.2) is 23.7 Å². The van der Waals surface area contributed by atoms with Crippen LogP contribution in [0.25, 0.3) is 0 Å². The molecule has 6 atom stereocenters. The van der Waals surface area contributed by atoms with Crippen LogP contribution in [-0.4, -0.2) is 77.7 Å². The molecule has 2 N–H and O–H groups in total. The first kappa shape index (κ1) is 22.2. The van der Waals surface area contributed by atoms with Crippen LogP contribution in [0.2, 0.25) is 0 Å². The van der Waals surface area contributed by atoms with Gasteiger partial charge in [0.2, 0.25) is 0 Å². The SMILES string of the molecule is COc1ccc2c3c1O[C@H]1C(OC(=O)[C@H](C)OC(=O)[C@H](C)O)=CC[C@@]4(O)[C@H](C2)N(C)CC[C@]314. The van der Waals surface area contributed by atoms with E-state index in [0.717, 1.165) is 17.7 Å². The summed E-state index contributed by atoms with van der Waals surface area (Å²) in [5, 5.41) is 21.5. The lowest BCUT2D eigenvalue weighted by molar-refractivity contribution is -0.177. The molecule has 0 amide bonds. The van der Waals surface area contributed by atoms with Gasteiger partial charge in [-0.2, -0.15) is 0 Å². The lowest BCUT2D eigenvalue weighted by atomic mass is 9.50. The maximum absolute atomic E-state index is 12.7. The summed E-state index contributed by atoms with van der Waals surface area (Å²) in [6.45, 7) is 3.41. The molecule has 9 nitrogen and oxygen atoms in total. The van der Waals surface area contributed by atoms with Crippen LogP contribution in [0.1, 0.15) is 37.8 Å². The van der Waals surface area contributed by atoms with Crippen molar-refractivity contribution in [3.63, 3.8) is 0 Å². The molecule has 2 heterocycles. The molecule has 1 spiro atoms. The van der Waals surface area contributed by atoms with Gasteiger partial charge in [-0.3, -0.25) is 0 Å². The van der Waals surface area contributed by atoms with E-state index < -0.39 is 41.3 Å². The highest BCUT2D eigenvalue weighted by Gasteiger charge is 2.72. The molecule has 2 aliphatic carbocycles. The highest BCUT2D eigenvalue weighted by atomic mass is 16.6. The summed E-state index contributed by atoms with van der Waals surface area (Å²) in [5.41, 5.74) is 0.149. The smallest absolute Gasteiger partial charge is 0.352 e. The summed E-state index contributed by atoms with van der Waals surface area (Å²) in [7, 11) is 3.59. The Morgan fingerprint density at radius 2 is 2.03 bits per heavy atom. The summed E-state index contributed by atoms with van der Waals surface area (Å²) in [5.74, 6) is -0.237. The van der Waals surface area contributed by atoms with Crippen molar-refractivity contribution in [2.75, 3.05) is 20.7 Å². The highest BCUT2D eigenvalue weighted by molar-refractivity contribution is 5.81. The number of hydrogen-bond acceptors (Lipinski definition) is 9. The third-order valence-electron chi connectivity index (χ3n) is 7.74. The van der Waals surface area contributed by atoms with E-state index in [1.54, 1.807) is 13.2 Å². The molecule has 33 heavy (non-hydrogen) atoms. The molecule has 0 radical (unpaired) electrons. The molecule has 2 bridgehead atoms. The summed E-state index contributed by atoms with van der Waals surface area (Å²) >= 11 is 0. The Kier molecular flexibility index (Phi) is 5.00. The fourth-order valence-corrected chi connectivity index (χ4v) is 6.11. The minimum Gasteiger partial charge on any atom is -0.493 e. The number of rotatable bonds is 5. The van der Waals surface area contributed by atoms with Gasteiger partial charge >= 0.3 is 11.9 Å². The third kappa shape index (κ3) is 2.88. The van der Waals surface area contributed by atoms with Gasteiger partial charge in [0, 0.05) is 18.0 Å². The molecule has 0 aromatic heterocycles. The van der Waals surface area contributed by atoms with Crippen molar-refractivity contribution in [1.29, 1.82) is 0 Å². The number of benzene rings is 1. The van der Waals surface area contributed by atoms with Gasteiger partial charge in [0.25, 0.3) is 0 Å². The molecule has 1 fully saturated rings. The summed E-state index contributed by atoms with van der Waals surface area (Å²) in [4.78, 5) is 26.6. The molecule has 9 heteroatoms. The Morgan fingerprint density at radius 1 is 1.27 bits per heavy atom. The number of likely N-dealkylation sites (tertiary alicyclic amines) is 1. The minimum atomic E-state index is -1.35. The number of ether oxygens (including phenoxy) is 4. The second-order valence-electron chi connectivity index (χ2n) is 9.46. The van der Waals surface area contributed by atoms with Crippen molar-refractivity contribution >= 4 is 11.9 Å². The first-order valence-corrected chi connectivity index (χ1v) is 11.2. The molecule has 5 rings (SSSR count). The van der Waals surface area contributed by atoms with Crippen LogP contribution in [-0.2, 0) is 30.9 Å². The fourth-order valence-electron chi connectivity index (χ4n) is 6.11. The summed E-state index contributed by atoms with van der Waals surface area (Å²) < 4.78 is 22.7. The van der Waals surface area contributed by atoms with Crippen molar-refractivity contribution in [2.24, 2.45) is 0 Å². The fraction of sp³-hybridized carbons (Fsp3) is 0.583. The topological polar surface area (TPSA) is 115 Å². The van der Waals surface area contributed by atoms with Crippen LogP contribution in [0.4, 0.5) is 0 Å². The molecule has 1 aromatic carbocycles.